The maximum atomic E-state index is 13.0. The molecule has 2 heterocycles. The number of benzene rings is 1. The van der Waals surface area contributed by atoms with E-state index in [9.17, 15) is 4.79 Å². The summed E-state index contributed by atoms with van der Waals surface area (Å²) in [6.07, 6.45) is 5.12. The van der Waals surface area contributed by atoms with Gasteiger partial charge < -0.3 is 15.0 Å². The minimum absolute atomic E-state index is 0.120. The van der Waals surface area contributed by atoms with Crippen LogP contribution in [-0.4, -0.2) is 46.8 Å². The number of methoxy groups -OCH3 is 1. The molecule has 1 amide bonds. The van der Waals surface area contributed by atoms with E-state index in [1.807, 2.05) is 21.7 Å². The van der Waals surface area contributed by atoms with Gasteiger partial charge in [-0.1, -0.05) is 12.1 Å². The number of nitrogens with one attached hydrogen (secondary N) is 1. The van der Waals surface area contributed by atoms with Crippen molar-refractivity contribution in [1.82, 2.24) is 20.0 Å². The number of aromatic nitrogens is 2. The molecular weight excluding hydrogens is 352 g/mol. The van der Waals surface area contributed by atoms with Gasteiger partial charge in [-0.05, 0) is 56.7 Å². The predicted molar refractivity (Wildman–Crippen MR) is 109 cm³/mol. The molecule has 1 unspecified atom stereocenters. The van der Waals surface area contributed by atoms with Crippen LogP contribution in [0.1, 0.15) is 53.5 Å². The molecule has 1 aromatic heterocycles. The Morgan fingerprint density at radius 3 is 2.89 bits per heavy atom. The zero-order chi connectivity index (χ0) is 19.5. The van der Waals surface area contributed by atoms with Gasteiger partial charge in [-0.2, -0.15) is 5.10 Å². The summed E-state index contributed by atoms with van der Waals surface area (Å²) in [4.78, 5) is 15.0. The number of fused-ring (bicyclic) bond motifs is 1. The topological polar surface area (TPSA) is 59.4 Å². The maximum Gasteiger partial charge on any atom is 0.274 e. The first kappa shape index (κ1) is 19.0. The summed E-state index contributed by atoms with van der Waals surface area (Å²) >= 11 is 0. The first-order valence-electron chi connectivity index (χ1n) is 10.4. The highest BCUT2D eigenvalue weighted by molar-refractivity contribution is 5.94. The lowest BCUT2D eigenvalue weighted by Gasteiger charge is -2.25. The van der Waals surface area contributed by atoms with Gasteiger partial charge >= 0.3 is 0 Å². The van der Waals surface area contributed by atoms with Gasteiger partial charge in [0, 0.05) is 43.5 Å². The number of nitrogens with zero attached hydrogens (tertiary/aromatic N) is 3. The molecule has 0 spiro atoms. The van der Waals surface area contributed by atoms with Gasteiger partial charge in [0.05, 0.1) is 7.11 Å². The highest BCUT2D eigenvalue weighted by Crippen LogP contribution is 2.27. The Kier molecular flexibility index (Phi) is 5.67. The number of aryl methyl sites for hydroxylation is 1. The Balaban J connectivity index is 1.48. The van der Waals surface area contributed by atoms with E-state index in [4.69, 9.17) is 9.84 Å². The van der Waals surface area contributed by atoms with Crippen LogP contribution in [0.4, 0.5) is 0 Å². The number of hydrogen-bond acceptors (Lipinski definition) is 4. The van der Waals surface area contributed by atoms with Crippen LogP contribution in [0.15, 0.2) is 24.3 Å². The number of amides is 1. The monoisotopic (exact) mass is 382 g/mol. The Bertz CT molecular complexity index is 839. The zero-order valence-corrected chi connectivity index (χ0v) is 16.9. The predicted octanol–water partition coefficient (Wildman–Crippen LogP) is 2.79. The molecule has 6 heteroatoms. The van der Waals surface area contributed by atoms with Crippen LogP contribution in [0.25, 0.3) is 0 Å². The van der Waals surface area contributed by atoms with Gasteiger partial charge in [-0.15, -0.1) is 0 Å². The van der Waals surface area contributed by atoms with Crippen molar-refractivity contribution in [1.29, 1.82) is 0 Å². The van der Waals surface area contributed by atoms with Gasteiger partial charge in [-0.3, -0.25) is 9.48 Å². The Labute approximate surface area is 166 Å². The molecule has 1 fully saturated rings. The molecule has 1 atom stereocenters. The van der Waals surface area contributed by atoms with Crippen molar-refractivity contribution in [3.63, 3.8) is 0 Å². The third-order valence-electron chi connectivity index (χ3n) is 5.97. The number of rotatable bonds is 6. The summed E-state index contributed by atoms with van der Waals surface area (Å²) in [5.74, 6) is 1.00. The van der Waals surface area contributed by atoms with E-state index in [0.29, 0.717) is 11.7 Å². The van der Waals surface area contributed by atoms with Gasteiger partial charge in [0.25, 0.3) is 5.91 Å². The first-order chi connectivity index (χ1) is 13.7. The summed E-state index contributed by atoms with van der Waals surface area (Å²) < 4.78 is 7.36. The number of likely N-dealkylation sites (tertiary alicyclic amines) is 1. The minimum atomic E-state index is 0.120. The highest BCUT2D eigenvalue weighted by Gasteiger charge is 2.31. The Morgan fingerprint density at radius 1 is 1.32 bits per heavy atom. The molecule has 28 heavy (non-hydrogen) atoms. The number of ether oxygens (including phenoxy) is 1. The second-order valence-electron chi connectivity index (χ2n) is 7.76. The van der Waals surface area contributed by atoms with Crippen molar-refractivity contribution in [2.75, 3.05) is 20.2 Å². The Morgan fingerprint density at radius 2 is 2.14 bits per heavy atom. The SMILES string of the molecule is CCn1nc(C(=O)N2CCCC2)c2c1CCC(NCc1cccc(OC)c1)C2. The number of hydrogen-bond donors (Lipinski definition) is 1. The molecule has 1 aliphatic carbocycles. The molecule has 2 aromatic rings. The van der Waals surface area contributed by atoms with Crippen LogP contribution >= 0.6 is 0 Å². The minimum Gasteiger partial charge on any atom is -0.497 e. The summed E-state index contributed by atoms with van der Waals surface area (Å²) in [5.41, 5.74) is 4.31. The van der Waals surface area contributed by atoms with Crippen molar-refractivity contribution in [3.8, 4) is 5.75 Å². The van der Waals surface area contributed by atoms with Crippen LogP contribution in [0.3, 0.4) is 0 Å². The van der Waals surface area contributed by atoms with Crippen molar-refractivity contribution >= 4 is 5.91 Å². The number of carbonyl (C=O) groups is 1. The van der Waals surface area contributed by atoms with E-state index in [-0.39, 0.29) is 5.91 Å². The fourth-order valence-electron chi connectivity index (χ4n) is 4.41. The van der Waals surface area contributed by atoms with Crippen LogP contribution in [0.5, 0.6) is 5.75 Å². The first-order valence-corrected chi connectivity index (χ1v) is 10.4. The molecule has 150 valence electrons. The van der Waals surface area contributed by atoms with Crippen molar-refractivity contribution in [3.05, 3.63) is 46.8 Å². The molecule has 4 rings (SSSR count). The highest BCUT2D eigenvalue weighted by atomic mass is 16.5. The van der Waals surface area contributed by atoms with Crippen molar-refractivity contribution in [2.45, 2.75) is 58.2 Å². The molecule has 2 aliphatic rings. The van der Waals surface area contributed by atoms with E-state index in [2.05, 4.69) is 24.4 Å². The lowest BCUT2D eigenvalue weighted by molar-refractivity contribution is 0.0785. The molecule has 0 saturated carbocycles. The maximum absolute atomic E-state index is 13.0. The summed E-state index contributed by atoms with van der Waals surface area (Å²) in [6.45, 7) is 5.45. The van der Waals surface area contributed by atoms with Crippen LogP contribution in [-0.2, 0) is 25.9 Å². The van der Waals surface area contributed by atoms with Crippen LogP contribution < -0.4 is 10.1 Å². The van der Waals surface area contributed by atoms with E-state index in [1.165, 1.54) is 11.3 Å². The molecule has 1 saturated heterocycles. The summed E-state index contributed by atoms with van der Waals surface area (Å²) in [5, 5.41) is 8.39. The fourth-order valence-corrected chi connectivity index (χ4v) is 4.41. The normalized spacial score (nSPS) is 18.9. The van der Waals surface area contributed by atoms with Crippen molar-refractivity contribution < 1.29 is 9.53 Å². The van der Waals surface area contributed by atoms with Gasteiger partial charge in [0.2, 0.25) is 0 Å². The second-order valence-corrected chi connectivity index (χ2v) is 7.76. The van der Waals surface area contributed by atoms with E-state index in [1.54, 1.807) is 7.11 Å². The van der Waals surface area contributed by atoms with E-state index < -0.39 is 0 Å². The average molecular weight is 383 g/mol. The summed E-state index contributed by atoms with van der Waals surface area (Å²) in [6, 6.07) is 8.52. The molecule has 0 radical (unpaired) electrons. The summed E-state index contributed by atoms with van der Waals surface area (Å²) in [7, 11) is 1.69. The Hall–Kier alpha value is -2.34. The molecule has 6 nitrogen and oxygen atoms in total. The molecule has 0 bridgehead atoms. The van der Waals surface area contributed by atoms with Gasteiger partial charge in [-0.25, -0.2) is 0 Å². The lowest BCUT2D eigenvalue weighted by atomic mass is 9.91. The quantitative estimate of drug-likeness (QED) is 0.835. The third kappa shape index (κ3) is 3.78. The second kappa shape index (κ2) is 8.35. The van der Waals surface area contributed by atoms with Crippen molar-refractivity contribution in [2.24, 2.45) is 0 Å². The number of carbonyl (C=O) groups excluding carboxylic acids is 1. The smallest absolute Gasteiger partial charge is 0.274 e. The molecule has 1 aromatic carbocycles. The van der Waals surface area contributed by atoms with E-state index in [0.717, 1.165) is 69.6 Å². The molecule has 1 aliphatic heterocycles. The lowest BCUT2D eigenvalue weighted by Crippen LogP contribution is -2.35. The van der Waals surface area contributed by atoms with Gasteiger partial charge in [0.1, 0.15) is 5.75 Å². The largest absolute Gasteiger partial charge is 0.497 e. The molecular formula is C22H30N4O2. The standard InChI is InChI=1S/C22H30N4O2/c1-3-26-20-10-9-17(23-15-16-7-6-8-18(13-16)28-2)14-19(20)21(24-26)22(27)25-11-4-5-12-25/h6-8,13,17,23H,3-5,9-12,14-15H2,1-2H3. The molecule has 1 N–H and O–H groups in total. The van der Waals surface area contributed by atoms with Crippen LogP contribution in [0, 0.1) is 0 Å². The fraction of sp³-hybridized carbons (Fsp3) is 0.545. The van der Waals surface area contributed by atoms with E-state index >= 15 is 0 Å². The zero-order valence-electron chi connectivity index (χ0n) is 16.9. The van der Waals surface area contributed by atoms with Gasteiger partial charge in [0.15, 0.2) is 5.69 Å². The third-order valence-corrected chi connectivity index (χ3v) is 5.97. The average Bonchev–Trinajstić information content (AvgIpc) is 3.40. The van der Waals surface area contributed by atoms with Crippen LogP contribution in [0.2, 0.25) is 0 Å².